The van der Waals surface area contributed by atoms with Crippen LogP contribution in [0, 0.1) is 5.92 Å². The molecule has 9 heteroatoms. The summed E-state index contributed by atoms with van der Waals surface area (Å²) in [5.41, 5.74) is 4.84. The number of rotatable bonds is 6. The molecule has 124 valence electrons. The van der Waals surface area contributed by atoms with E-state index in [0.29, 0.717) is 0 Å². The zero-order valence-corrected chi connectivity index (χ0v) is 12.7. The molecule has 0 heterocycles. The molecule has 1 aromatic carbocycles. The predicted molar refractivity (Wildman–Crippen MR) is 73.6 cm³/mol. The average molecular weight is 338 g/mol. The second-order valence-corrected chi connectivity index (χ2v) is 7.21. The molecule has 0 radical (unpaired) electrons. The van der Waals surface area contributed by atoms with Gasteiger partial charge in [-0.05, 0) is 37.8 Å². The summed E-state index contributed by atoms with van der Waals surface area (Å²) in [5, 5.41) is 0. The van der Waals surface area contributed by atoms with E-state index < -0.39 is 27.7 Å². The maximum absolute atomic E-state index is 12.4. The highest BCUT2D eigenvalue weighted by Crippen LogP contribution is 2.39. The summed E-state index contributed by atoms with van der Waals surface area (Å²) in [6.07, 6.45) is -3.14. The fourth-order valence-electron chi connectivity index (χ4n) is 2.22. The topological polar surface area (TPSA) is 81.4 Å². The zero-order valence-electron chi connectivity index (χ0n) is 11.9. The van der Waals surface area contributed by atoms with Crippen molar-refractivity contribution in [2.24, 2.45) is 11.7 Å². The number of alkyl halides is 3. The first-order valence-corrected chi connectivity index (χ1v) is 8.14. The molecule has 1 atom stereocenters. The van der Waals surface area contributed by atoms with Crippen molar-refractivity contribution >= 4 is 10.0 Å². The van der Waals surface area contributed by atoms with Gasteiger partial charge in [0.05, 0.1) is 4.90 Å². The third kappa shape index (κ3) is 4.11. The molecular weight excluding hydrogens is 321 g/mol. The van der Waals surface area contributed by atoms with Crippen molar-refractivity contribution in [3.05, 3.63) is 24.3 Å². The van der Waals surface area contributed by atoms with Gasteiger partial charge in [0, 0.05) is 18.2 Å². The molecule has 0 aromatic heterocycles. The van der Waals surface area contributed by atoms with Crippen LogP contribution < -0.4 is 15.2 Å². The van der Waals surface area contributed by atoms with Crippen LogP contribution in [-0.2, 0) is 10.0 Å². The summed E-state index contributed by atoms with van der Waals surface area (Å²) >= 11 is 0. The summed E-state index contributed by atoms with van der Waals surface area (Å²) in [6, 6.07) is 4.26. The molecule has 3 N–H and O–H groups in total. The number of hydrogen-bond acceptors (Lipinski definition) is 4. The quantitative estimate of drug-likeness (QED) is 0.831. The summed E-state index contributed by atoms with van der Waals surface area (Å²) in [6.45, 7) is 1.80. The Morgan fingerprint density at radius 1 is 1.36 bits per heavy atom. The number of halogens is 3. The second-order valence-electron chi connectivity index (χ2n) is 5.52. The summed E-state index contributed by atoms with van der Waals surface area (Å²) < 4.78 is 67.6. The Balaban J connectivity index is 2.24. The minimum atomic E-state index is -4.88. The number of nitrogens with two attached hydrogens (primary N) is 1. The average Bonchev–Trinajstić information content (AvgIpc) is 3.21. The van der Waals surface area contributed by atoms with Gasteiger partial charge in [-0.1, -0.05) is 6.07 Å². The monoisotopic (exact) mass is 338 g/mol. The second kappa shape index (κ2) is 5.71. The number of benzene rings is 1. The van der Waals surface area contributed by atoms with E-state index in [9.17, 15) is 21.6 Å². The van der Waals surface area contributed by atoms with Crippen LogP contribution >= 0.6 is 0 Å². The van der Waals surface area contributed by atoms with Gasteiger partial charge in [0.25, 0.3) is 0 Å². The first kappa shape index (κ1) is 17.0. The van der Waals surface area contributed by atoms with E-state index >= 15 is 0 Å². The summed E-state index contributed by atoms with van der Waals surface area (Å²) in [4.78, 5) is -0.297. The maximum atomic E-state index is 12.4. The first-order valence-electron chi connectivity index (χ1n) is 6.66. The van der Waals surface area contributed by atoms with Crippen LogP contribution in [0.1, 0.15) is 19.8 Å². The van der Waals surface area contributed by atoms with Gasteiger partial charge in [-0.25, -0.2) is 13.1 Å². The molecule has 5 nitrogen and oxygen atoms in total. The number of nitrogens with one attached hydrogen (secondary N) is 1. The molecule has 1 fully saturated rings. The van der Waals surface area contributed by atoms with Crippen LogP contribution in [0.4, 0.5) is 13.2 Å². The number of hydrogen-bond donors (Lipinski definition) is 2. The standard InChI is InChI=1S/C13H17F3N2O3S/c1-12(8-17,9-5-6-9)18-22(19,20)11-4-2-3-10(7-11)21-13(14,15)16/h2-4,7,9,18H,5-6,8,17H2,1H3. The lowest BCUT2D eigenvalue weighted by Gasteiger charge is -2.29. The summed E-state index contributed by atoms with van der Waals surface area (Å²) in [7, 11) is -3.99. The van der Waals surface area contributed by atoms with Gasteiger partial charge in [-0.2, -0.15) is 0 Å². The third-order valence-electron chi connectivity index (χ3n) is 3.62. The molecule has 0 amide bonds. The van der Waals surface area contributed by atoms with Crippen LogP contribution in [0.3, 0.4) is 0 Å². The van der Waals surface area contributed by atoms with Crippen LogP contribution in [0.5, 0.6) is 5.75 Å². The highest BCUT2D eigenvalue weighted by Gasteiger charge is 2.43. The Labute approximate surface area is 126 Å². The summed E-state index contributed by atoms with van der Waals surface area (Å²) in [5.74, 6) is -0.446. The van der Waals surface area contributed by atoms with Crippen molar-refractivity contribution in [3.63, 3.8) is 0 Å². The van der Waals surface area contributed by atoms with Crippen molar-refractivity contribution in [3.8, 4) is 5.75 Å². The minimum absolute atomic E-state index is 0.107. The van der Waals surface area contributed by atoms with Gasteiger partial charge in [-0.3, -0.25) is 0 Å². The molecular formula is C13H17F3N2O3S. The Morgan fingerprint density at radius 3 is 2.50 bits per heavy atom. The van der Waals surface area contributed by atoms with Crippen molar-refractivity contribution in [2.45, 2.75) is 36.6 Å². The largest absolute Gasteiger partial charge is 0.573 e. The molecule has 1 aromatic rings. The van der Waals surface area contributed by atoms with Crippen molar-refractivity contribution in [2.75, 3.05) is 6.54 Å². The fourth-order valence-corrected chi connectivity index (χ4v) is 3.73. The Morgan fingerprint density at radius 2 is 2.00 bits per heavy atom. The first-order chi connectivity index (χ1) is 10.1. The van der Waals surface area contributed by atoms with E-state index in [1.807, 2.05) is 0 Å². The molecule has 0 bridgehead atoms. The van der Waals surface area contributed by atoms with Gasteiger partial charge < -0.3 is 10.5 Å². The van der Waals surface area contributed by atoms with Gasteiger partial charge in [0.15, 0.2) is 0 Å². The SMILES string of the molecule is CC(CN)(NS(=O)(=O)c1cccc(OC(F)(F)F)c1)C1CC1. The van der Waals surface area contributed by atoms with Crippen molar-refractivity contribution in [1.82, 2.24) is 4.72 Å². The molecule has 1 unspecified atom stereocenters. The van der Waals surface area contributed by atoms with E-state index in [4.69, 9.17) is 5.73 Å². The van der Waals surface area contributed by atoms with Gasteiger partial charge in [-0.15, -0.1) is 13.2 Å². The molecule has 1 aliphatic carbocycles. The Bertz CT molecular complexity index is 644. The molecule has 0 aliphatic heterocycles. The maximum Gasteiger partial charge on any atom is 0.573 e. The van der Waals surface area contributed by atoms with E-state index in [0.717, 1.165) is 25.0 Å². The lowest BCUT2D eigenvalue weighted by Crippen LogP contribution is -2.52. The van der Waals surface area contributed by atoms with E-state index in [1.54, 1.807) is 6.92 Å². The molecule has 1 aliphatic rings. The lowest BCUT2D eigenvalue weighted by atomic mass is 9.98. The van der Waals surface area contributed by atoms with Crippen molar-refractivity contribution in [1.29, 1.82) is 0 Å². The number of ether oxygens (including phenoxy) is 1. The van der Waals surface area contributed by atoms with Crippen LogP contribution in [0.25, 0.3) is 0 Å². The third-order valence-corrected chi connectivity index (χ3v) is 5.23. The highest BCUT2D eigenvalue weighted by atomic mass is 32.2. The normalized spacial score (nSPS) is 18.8. The van der Waals surface area contributed by atoms with Gasteiger partial charge in [0.1, 0.15) is 5.75 Å². The molecule has 1 saturated carbocycles. The fraction of sp³-hybridized carbons (Fsp3) is 0.538. The highest BCUT2D eigenvalue weighted by molar-refractivity contribution is 7.89. The van der Waals surface area contributed by atoms with Crippen LogP contribution in [-0.4, -0.2) is 26.9 Å². The van der Waals surface area contributed by atoms with Crippen LogP contribution in [0.2, 0.25) is 0 Å². The smallest absolute Gasteiger partial charge is 0.406 e. The number of sulfonamides is 1. The predicted octanol–water partition coefficient (Wildman–Crippen LogP) is 1.99. The lowest BCUT2D eigenvalue weighted by molar-refractivity contribution is -0.274. The van der Waals surface area contributed by atoms with E-state index in [1.165, 1.54) is 12.1 Å². The Hall–Kier alpha value is -1.32. The molecule has 2 rings (SSSR count). The van der Waals surface area contributed by atoms with Crippen molar-refractivity contribution < 1.29 is 26.3 Å². The van der Waals surface area contributed by atoms with Gasteiger partial charge in [0.2, 0.25) is 10.0 Å². The minimum Gasteiger partial charge on any atom is -0.406 e. The molecule has 0 saturated heterocycles. The molecule has 22 heavy (non-hydrogen) atoms. The van der Waals surface area contributed by atoms with E-state index in [2.05, 4.69) is 9.46 Å². The zero-order chi connectivity index (χ0) is 16.6. The van der Waals surface area contributed by atoms with Gasteiger partial charge >= 0.3 is 6.36 Å². The molecule has 0 spiro atoms. The Kier molecular flexibility index (Phi) is 4.42. The van der Waals surface area contributed by atoms with E-state index in [-0.39, 0.29) is 17.4 Å². The van der Waals surface area contributed by atoms with Crippen LogP contribution in [0.15, 0.2) is 29.2 Å².